The number of benzene rings is 1. The molecule has 0 amide bonds. The highest BCUT2D eigenvalue weighted by molar-refractivity contribution is 5.79. The van der Waals surface area contributed by atoms with E-state index >= 15 is 0 Å². The van der Waals surface area contributed by atoms with Crippen molar-refractivity contribution in [2.45, 2.75) is 58.2 Å². The summed E-state index contributed by atoms with van der Waals surface area (Å²) < 4.78 is 21.4. The molecule has 0 bridgehead atoms. The molecule has 2 heterocycles. The second-order valence-electron chi connectivity index (χ2n) is 6.91. The Morgan fingerprint density at radius 1 is 1.29 bits per heavy atom. The molecule has 152 valence electrons. The lowest BCUT2D eigenvalue weighted by Gasteiger charge is -2.20. The summed E-state index contributed by atoms with van der Waals surface area (Å²) in [6, 6.07) is 6.21. The Bertz CT molecular complexity index is 791. The zero-order chi connectivity index (χ0) is 19.8. The summed E-state index contributed by atoms with van der Waals surface area (Å²) in [7, 11) is 1.73. The van der Waals surface area contributed by atoms with Crippen LogP contribution in [0.15, 0.2) is 29.3 Å². The predicted octanol–water partition coefficient (Wildman–Crippen LogP) is 2.67. The maximum absolute atomic E-state index is 13.3. The van der Waals surface area contributed by atoms with Crippen molar-refractivity contribution in [1.82, 2.24) is 25.4 Å². The van der Waals surface area contributed by atoms with Gasteiger partial charge in [0, 0.05) is 26.1 Å². The minimum atomic E-state index is -0.301. The molecule has 2 aromatic rings. The van der Waals surface area contributed by atoms with Gasteiger partial charge in [0.25, 0.3) is 0 Å². The van der Waals surface area contributed by atoms with Gasteiger partial charge in [0.05, 0.1) is 13.1 Å². The molecule has 0 spiro atoms. The van der Waals surface area contributed by atoms with Gasteiger partial charge in [-0.15, -0.1) is 10.2 Å². The van der Waals surface area contributed by atoms with Gasteiger partial charge in [0.2, 0.25) is 0 Å². The molecule has 1 atom stereocenters. The maximum atomic E-state index is 13.3. The summed E-state index contributed by atoms with van der Waals surface area (Å²) >= 11 is 0. The first-order valence-electron chi connectivity index (χ1n) is 9.97. The Morgan fingerprint density at radius 2 is 2.18 bits per heavy atom. The van der Waals surface area contributed by atoms with Crippen LogP contribution in [0.1, 0.15) is 44.3 Å². The molecule has 7 nitrogen and oxygen atoms in total. The molecule has 1 aromatic carbocycles. The summed E-state index contributed by atoms with van der Waals surface area (Å²) in [5, 5.41) is 15.2. The molecular formula is C20H29FN6O. The van der Waals surface area contributed by atoms with Crippen LogP contribution in [0.25, 0.3) is 0 Å². The molecule has 1 aliphatic heterocycles. The lowest BCUT2D eigenvalue weighted by Crippen LogP contribution is -2.42. The summed E-state index contributed by atoms with van der Waals surface area (Å²) in [4.78, 5) is 4.27. The Labute approximate surface area is 165 Å². The average molecular weight is 388 g/mol. The highest BCUT2D eigenvalue weighted by atomic mass is 19.1. The summed E-state index contributed by atoms with van der Waals surface area (Å²) in [5.74, 6) is 2.91. The van der Waals surface area contributed by atoms with E-state index in [9.17, 15) is 4.39 Å². The standard InChI is InChI=1S/C20H29FN6O/c1-3-16(28-17-9-7-8-15(21)12-17)13-23-20(22-2)24-14-19-26-25-18-10-5-4-6-11-27(18)19/h7-9,12,16H,3-6,10-11,13-14H2,1-2H3,(H2,22,23,24). The highest BCUT2D eigenvalue weighted by Crippen LogP contribution is 2.15. The van der Waals surface area contributed by atoms with E-state index in [1.165, 1.54) is 31.4 Å². The minimum absolute atomic E-state index is 0.0929. The van der Waals surface area contributed by atoms with Gasteiger partial charge in [0.1, 0.15) is 23.5 Å². The van der Waals surface area contributed by atoms with Crippen molar-refractivity contribution in [2.24, 2.45) is 4.99 Å². The van der Waals surface area contributed by atoms with Crippen LogP contribution in [0.5, 0.6) is 5.75 Å². The van der Waals surface area contributed by atoms with E-state index in [1.54, 1.807) is 19.2 Å². The Hall–Kier alpha value is -2.64. The lowest BCUT2D eigenvalue weighted by molar-refractivity contribution is 0.198. The van der Waals surface area contributed by atoms with Gasteiger partial charge in [-0.25, -0.2) is 4.39 Å². The second kappa shape index (κ2) is 10.1. The van der Waals surface area contributed by atoms with Crippen LogP contribution >= 0.6 is 0 Å². The molecule has 1 unspecified atom stereocenters. The number of hydrogen-bond acceptors (Lipinski definition) is 4. The molecule has 0 saturated carbocycles. The van der Waals surface area contributed by atoms with E-state index in [1.807, 2.05) is 6.92 Å². The van der Waals surface area contributed by atoms with Crippen molar-refractivity contribution in [3.63, 3.8) is 0 Å². The number of fused-ring (bicyclic) bond motifs is 1. The Balaban J connectivity index is 1.51. The van der Waals surface area contributed by atoms with Crippen LogP contribution < -0.4 is 15.4 Å². The van der Waals surface area contributed by atoms with Crippen LogP contribution in [0.3, 0.4) is 0 Å². The fourth-order valence-electron chi connectivity index (χ4n) is 3.27. The Morgan fingerprint density at radius 3 is 2.96 bits per heavy atom. The van der Waals surface area contributed by atoms with E-state index in [4.69, 9.17) is 4.74 Å². The number of nitrogens with one attached hydrogen (secondary N) is 2. The zero-order valence-corrected chi connectivity index (χ0v) is 16.6. The van der Waals surface area contributed by atoms with Gasteiger partial charge < -0.3 is 19.9 Å². The average Bonchev–Trinajstić information content (AvgIpc) is 2.93. The van der Waals surface area contributed by atoms with Gasteiger partial charge in [-0.2, -0.15) is 0 Å². The number of aliphatic imine (C=N–C) groups is 1. The van der Waals surface area contributed by atoms with E-state index < -0.39 is 0 Å². The van der Waals surface area contributed by atoms with Crippen LogP contribution in [-0.4, -0.2) is 40.4 Å². The number of aryl methyl sites for hydroxylation is 1. The van der Waals surface area contributed by atoms with Crippen molar-refractivity contribution >= 4 is 5.96 Å². The Kier molecular flexibility index (Phi) is 7.22. The SMILES string of the molecule is CCC(CNC(=NC)NCc1nnc2n1CCCCC2)Oc1cccc(F)c1. The fraction of sp³-hybridized carbons (Fsp3) is 0.550. The molecule has 0 fully saturated rings. The molecule has 28 heavy (non-hydrogen) atoms. The third-order valence-electron chi connectivity index (χ3n) is 4.88. The molecule has 1 aliphatic rings. The molecule has 3 rings (SSSR count). The smallest absolute Gasteiger partial charge is 0.191 e. The fourth-order valence-corrected chi connectivity index (χ4v) is 3.27. The van der Waals surface area contributed by atoms with Gasteiger partial charge in [-0.3, -0.25) is 4.99 Å². The normalized spacial score (nSPS) is 15.5. The topological polar surface area (TPSA) is 76.4 Å². The van der Waals surface area contributed by atoms with Gasteiger partial charge >= 0.3 is 0 Å². The largest absolute Gasteiger partial charge is 0.489 e. The number of halogens is 1. The first kappa shape index (κ1) is 20.1. The minimum Gasteiger partial charge on any atom is -0.489 e. The molecule has 8 heteroatoms. The van der Waals surface area contributed by atoms with E-state index in [0.717, 1.165) is 31.0 Å². The molecule has 0 aliphatic carbocycles. The number of ether oxygens (including phenoxy) is 1. The lowest BCUT2D eigenvalue weighted by atomic mass is 10.2. The van der Waals surface area contributed by atoms with Crippen LogP contribution in [0.2, 0.25) is 0 Å². The van der Waals surface area contributed by atoms with Crippen molar-refractivity contribution in [3.8, 4) is 5.75 Å². The monoisotopic (exact) mass is 388 g/mol. The van der Waals surface area contributed by atoms with Crippen molar-refractivity contribution in [2.75, 3.05) is 13.6 Å². The summed E-state index contributed by atoms with van der Waals surface area (Å²) in [6.45, 7) is 4.14. The van der Waals surface area contributed by atoms with Crippen molar-refractivity contribution in [3.05, 3.63) is 41.7 Å². The van der Waals surface area contributed by atoms with Gasteiger partial charge in [0.15, 0.2) is 11.8 Å². The highest BCUT2D eigenvalue weighted by Gasteiger charge is 2.15. The molecule has 2 N–H and O–H groups in total. The third-order valence-corrected chi connectivity index (χ3v) is 4.88. The van der Waals surface area contributed by atoms with Gasteiger partial charge in [-0.05, 0) is 31.4 Å². The number of rotatable bonds is 7. The van der Waals surface area contributed by atoms with Crippen molar-refractivity contribution in [1.29, 1.82) is 0 Å². The number of guanidine groups is 1. The third kappa shape index (κ3) is 5.43. The summed E-state index contributed by atoms with van der Waals surface area (Å²) in [5.41, 5.74) is 0. The van der Waals surface area contributed by atoms with E-state index in [-0.39, 0.29) is 11.9 Å². The number of hydrogen-bond donors (Lipinski definition) is 2. The first-order valence-corrected chi connectivity index (χ1v) is 9.97. The summed E-state index contributed by atoms with van der Waals surface area (Å²) in [6.07, 6.45) is 5.28. The molecular weight excluding hydrogens is 359 g/mol. The van der Waals surface area contributed by atoms with E-state index in [2.05, 4.69) is 30.4 Å². The van der Waals surface area contributed by atoms with E-state index in [0.29, 0.717) is 24.8 Å². The van der Waals surface area contributed by atoms with Crippen LogP contribution in [0, 0.1) is 5.82 Å². The van der Waals surface area contributed by atoms with Gasteiger partial charge in [-0.1, -0.05) is 19.4 Å². The maximum Gasteiger partial charge on any atom is 0.191 e. The number of nitrogens with zero attached hydrogens (tertiary/aromatic N) is 4. The quantitative estimate of drug-likeness (QED) is 0.563. The predicted molar refractivity (Wildman–Crippen MR) is 107 cm³/mol. The van der Waals surface area contributed by atoms with Crippen LogP contribution in [-0.2, 0) is 19.5 Å². The second-order valence-corrected chi connectivity index (χ2v) is 6.91. The zero-order valence-electron chi connectivity index (χ0n) is 16.6. The molecule has 0 radical (unpaired) electrons. The number of aromatic nitrogens is 3. The first-order chi connectivity index (χ1) is 13.7. The van der Waals surface area contributed by atoms with Crippen molar-refractivity contribution < 1.29 is 9.13 Å². The van der Waals surface area contributed by atoms with Crippen LogP contribution in [0.4, 0.5) is 4.39 Å². The molecule has 0 saturated heterocycles. The molecule has 1 aromatic heterocycles.